The van der Waals surface area contributed by atoms with E-state index in [2.05, 4.69) is 17.6 Å². The lowest BCUT2D eigenvalue weighted by atomic mass is 9.85. The van der Waals surface area contributed by atoms with Crippen LogP contribution in [0.1, 0.15) is 47.5 Å². The number of aliphatic hydroxyl groups excluding tert-OH is 1. The number of ether oxygens (including phenoxy) is 3. The molecule has 250 valence electrons. The van der Waals surface area contributed by atoms with Gasteiger partial charge in [-0.25, -0.2) is 4.79 Å². The summed E-state index contributed by atoms with van der Waals surface area (Å²) >= 11 is 0. The number of hydrogen-bond donors (Lipinski definition) is 4. The maximum absolute atomic E-state index is 13.7. The molecule has 2 aliphatic rings. The minimum absolute atomic E-state index is 0.107. The minimum Gasteiger partial charge on any atom is -0.439 e. The van der Waals surface area contributed by atoms with Crippen molar-refractivity contribution in [3.63, 3.8) is 0 Å². The molecule has 0 aromatic carbocycles. The van der Waals surface area contributed by atoms with Crippen LogP contribution < -0.4 is 16.4 Å². The Kier molecular flexibility index (Phi) is 16.2. The summed E-state index contributed by atoms with van der Waals surface area (Å²) < 4.78 is 16.6. The third-order valence-corrected chi connectivity index (χ3v) is 9.96. The monoisotopic (exact) mass is 665 g/mol. The summed E-state index contributed by atoms with van der Waals surface area (Å²) in [7, 11) is 6.33. The maximum Gasteiger partial charge on any atom is 0.405 e. The maximum atomic E-state index is 13.7. The predicted molar refractivity (Wildman–Crippen MR) is 178 cm³/mol. The number of carbonyl (C=O) groups excluding carboxylic acids is 4. The first-order chi connectivity index (χ1) is 21.3. The van der Waals surface area contributed by atoms with Gasteiger partial charge in [-0.05, 0) is 38.2 Å². The van der Waals surface area contributed by atoms with Gasteiger partial charge in [0.1, 0.15) is 6.10 Å². The van der Waals surface area contributed by atoms with Gasteiger partial charge in [0.15, 0.2) is 6.10 Å². The standard InChI is InChI=1S/C32H47N3O8S2/c1-8-44-45-13-12-34-27-22-14-18(2)15-26(42-7)28(37)20(4)16-21(5)30(43-32(33)40)25(41-6)11-9-10-19(3)31(39)35-23(29(22)38)17-24(27)36/h9-11,16-18,20,25-26,28,30,34,37H,8,12-15H2,1-7H3,(H2,33,40)(H,35,39)/b11-9-,19-10+,21-16+/t18-,20+,25+,26+,28+,30+/m1/s1. The Morgan fingerprint density at radius 3 is 2.49 bits per heavy atom. The molecule has 0 aromatic heterocycles. The van der Waals surface area contributed by atoms with Crippen molar-refractivity contribution in [2.45, 2.75) is 71.9 Å². The molecule has 1 aliphatic heterocycles. The molecule has 0 spiro atoms. The molecule has 0 unspecified atom stereocenters. The molecule has 5 N–H and O–H groups in total. The normalized spacial score (nSPS) is 30.4. The number of nitrogens with one attached hydrogen (secondary N) is 2. The molecule has 0 fully saturated rings. The van der Waals surface area contributed by atoms with Crippen LogP contribution in [0.15, 0.2) is 58.5 Å². The van der Waals surface area contributed by atoms with Crippen molar-refractivity contribution in [3.05, 3.63) is 58.5 Å². The molecular formula is C32H47N3O8S2. The molecule has 1 heterocycles. The summed E-state index contributed by atoms with van der Waals surface area (Å²) in [5.41, 5.74) is 6.61. The first-order valence-electron chi connectivity index (χ1n) is 14.9. The average Bonchev–Trinajstić information content (AvgIpc) is 2.99. The van der Waals surface area contributed by atoms with Gasteiger partial charge in [-0.15, -0.1) is 0 Å². The highest BCUT2D eigenvalue weighted by Gasteiger charge is 2.33. The second-order valence-corrected chi connectivity index (χ2v) is 14.0. The van der Waals surface area contributed by atoms with Crippen molar-refractivity contribution >= 4 is 45.2 Å². The molecule has 13 heteroatoms. The predicted octanol–water partition coefficient (Wildman–Crippen LogP) is 3.75. The quantitative estimate of drug-likeness (QED) is 0.123. The Morgan fingerprint density at radius 2 is 1.87 bits per heavy atom. The number of ketones is 2. The number of amides is 2. The lowest BCUT2D eigenvalue weighted by Crippen LogP contribution is -2.38. The van der Waals surface area contributed by atoms with Gasteiger partial charge in [-0.1, -0.05) is 66.7 Å². The first kappa shape index (κ1) is 38.3. The number of rotatable bonds is 9. The molecular weight excluding hydrogens is 618 g/mol. The van der Waals surface area contributed by atoms with Crippen molar-refractivity contribution in [1.82, 2.24) is 10.6 Å². The van der Waals surface area contributed by atoms with E-state index in [1.54, 1.807) is 53.7 Å². The van der Waals surface area contributed by atoms with Crippen molar-refractivity contribution in [3.8, 4) is 0 Å². The summed E-state index contributed by atoms with van der Waals surface area (Å²) in [4.78, 5) is 51.9. The van der Waals surface area contributed by atoms with E-state index < -0.39 is 53.9 Å². The van der Waals surface area contributed by atoms with Crippen LogP contribution in [0.4, 0.5) is 4.79 Å². The largest absolute Gasteiger partial charge is 0.439 e. The first-order valence-corrected chi connectivity index (χ1v) is 17.4. The van der Waals surface area contributed by atoms with Crippen molar-refractivity contribution in [1.29, 1.82) is 0 Å². The summed E-state index contributed by atoms with van der Waals surface area (Å²) in [5.74, 6) is -0.339. The smallest absolute Gasteiger partial charge is 0.405 e. The van der Waals surface area contributed by atoms with Crippen LogP contribution in [0.2, 0.25) is 0 Å². The number of allylic oxidation sites excluding steroid dienone is 4. The van der Waals surface area contributed by atoms with E-state index in [4.69, 9.17) is 19.9 Å². The zero-order valence-corrected chi connectivity index (χ0v) is 28.7. The second-order valence-electron chi connectivity index (χ2n) is 11.1. The van der Waals surface area contributed by atoms with Crippen LogP contribution in [0.25, 0.3) is 0 Å². The fourth-order valence-electron chi connectivity index (χ4n) is 5.14. The Bertz CT molecular complexity index is 1240. The fourth-order valence-corrected chi connectivity index (χ4v) is 6.71. The third kappa shape index (κ3) is 11.5. The molecule has 2 bridgehead atoms. The van der Waals surface area contributed by atoms with E-state index in [0.29, 0.717) is 18.5 Å². The molecule has 1 aliphatic carbocycles. The molecule has 45 heavy (non-hydrogen) atoms. The zero-order valence-electron chi connectivity index (χ0n) is 27.1. The number of carbonyl (C=O) groups is 4. The number of methoxy groups -OCH3 is 2. The molecule has 0 saturated carbocycles. The van der Waals surface area contributed by atoms with Gasteiger partial charge < -0.3 is 35.7 Å². The average molecular weight is 666 g/mol. The number of Topliss-reactive ketones (excluding diaryl/α,β-unsaturated/α-hetero) is 1. The molecule has 6 atom stereocenters. The molecule has 0 radical (unpaired) electrons. The SMILES string of the molecule is CCSSCCNC1=C2C[C@@H](C)C[C@H](OC)[C@@H](O)[C@@H](C)/C=C(\C)[C@H](OC(N)=O)[C@@H](OC)/C=C\C=C(/C)C(=O)NC(=CC1=O)C2=O. The summed E-state index contributed by atoms with van der Waals surface area (Å²) in [5, 5.41) is 17.1. The topological polar surface area (TPSA) is 166 Å². The van der Waals surface area contributed by atoms with Gasteiger partial charge in [0.2, 0.25) is 11.6 Å². The van der Waals surface area contributed by atoms with Gasteiger partial charge in [0, 0.05) is 55.4 Å². The van der Waals surface area contributed by atoms with Crippen molar-refractivity contribution in [2.75, 3.05) is 32.3 Å². The molecule has 11 nitrogen and oxygen atoms in total. The molecule has 0 aromatic rings. The summed E-state index contributed by atoms with van der Waals surface area (Å²) in [6.45, 7) is 9.59. The van der Waals surface area contributed by atoms with Crippen molar-refractivity contribution in [2.24, 2.45) is 17.6 Å². The van der Waals surface area contributed by atoms with E-state index in [1.807, 2.05) is 13.8 Å². The minimum atomic E-state index is -0.996. The number of nitrogens with two attached hydrogens (primary N) is 1. The highest BCUT2D eigenvalue weighted by molar-refractivity contribution is 8.76. The van der Waals surface area contributed by atoms with Crippen molar-refractivity contribution < 1.29 is 38.5 Å². The highest BCUT2D eigenvalue weighted by Crippen LogP contribution is 2.29. The lowest BCUT2D eigenvalue weighted by Gasteiger charge is -2.30. The van der Waals surface area contributed by atoms with Crippen LogP contribution >= 0.6 is 21.6 Å². The van der Waals surface area contributed by atoms with Crippen LogP contribution in [-0.4, -0.2) is 85.4 Å². The molecule has 0 saturated heterocycles. The number of hydrogen-bond acceptors (Lipinski definition) is 11. The Balaban J connectivity index is 2.57. The fraction of sp³-hybridized carbons (Fsp3) is 0.562. The summed E-state index contributed by atoms with van der Waals surface area (Å²) in [6.07, 6.45) is 3.93. The molecule has 2 rings (SSSR count). The highest BCUT2D eigenvalue weighted by atomic mass is 33.1. The van der Waals surface area contributed by atoms with Crippen LogP contribution in [-0.2, 0) is 28.6 Å². The molecule has 2 amide bonds. The van der Waals surface area contributed by atoms with Gasteiger partial charge in [0.05, 0.1) is 23.6 Å². The van der Waals surface area contributed by atoms with E-state index in [-0.39, 0.29) is 34.9 Å². The van der Waals surface area contributed by atoms with E-state index in [0.717, 1.165) is 17.6 Å². The van der Waals surface area contributed by atoms with Crippen LogP contribution in [0, 0.1) is 11.8 Å². The second kappa shape index (κ2) is 19.0. The van der Waals surface area contributed by atoms with E-state index in [9.17, 15) is 24.3 Å². The Morgan fingerprint density at radius 1 is 1.16 bits per heavy atom. The Labute approximate surface area is 273 Å². The van der Waals surface area contributed by atoms with Gasteiger partial charge in [0.25, 0.3) is 5.91 Å². The van der Waals surface area contributed by atoms with Gasteiger partial charge >= 0.3 is 6.09 Å². The Hall–Kier alpha value is -2.84. The number of fused-ring (bicyclic) bond motifs is 2. The van der Waals surface area contributed by atoms with Gasteiger partial charge in [-0.2, -0.15) is 0 Å². The summed E-state index contributed by atoms with van der Waals surface area (Å²) in [6, 6.07) is 0. The van der Waals surface area contributed by atoms with Crippen LogP contribution in [0.5, 0.6) is 0 Å². The zero-order chi connectivity index (χ0) is 33.7. The third-order valence-electron chi connectivity index (χ3n) is 7.48. The van der Waals surface area contributed by atoms with Gasteiger partial charge in [-0.3, -0.25) is 14.4 Å². The number of primary amides is 1. The lowest BCUT2D eigenvalue weighted by molar-refractivity contribution is -0.120. The van der Waals surface area contributed by atoms with Crippen LogP contribution in [0.3, 0.4) is 0 Å². The van der Waals surface area contributed by atoms with E-state index in [1.165, 1.54) is 20.3 Å². The number of aliphatic hydroxyl groups is 1. The van der Waals surface area contributed by atoms with E-state index >= 15 is 0 Å².